The van der Waals surface area contributed by atoms with Gasteiger partial charge < -0.3 is 15.3 Å². The SMILES string of the molecule is C[C@@H]1[C@@H]2[C@@H](O)[C@H]([C@H](C)C(=O)N3CCCCC3)CC[C@]2(C)CC[C@@H]1NC(=O)c1cnccn1. The van der Waals surface area contributed by atoms with E-state index < -0.39 is 6.10 Å². The molecule has 2 N–H and O–H groups in total. The molecule has 4 rings (SSSR count). The molecule has 7 atom stereocenters. The molecule has 1 aromatic heterocycles. The van der Waals surface area contributed by atoms with Gasteiger partial charge in [0, 0.05) is 37.4 Å². The summed E-state index contributed by atoms with van der Waals surface area (Å²) in [6, 6.07) is -0.0240. The first-order chi connectivity index (χ1) is 15.3. The van der Waals surface area contributed by atoms with Gasteiger partial charge in [-0.3, -0.25) is 14.6 Å². The summed E-state index contributed by atoms with van der Waals surface area (Å²) in [6.07, 6.45) is 11.1. The van der Waals surface area contributed by atoms with Crippen LogP contribution in [0, 0.1) is 29.1 Å². The van der Waals surface area contributed by atoms with Crippen molar-refractivity contribution >= 4 is 11.8 Å². The van der Waals surface area contributed by atoms with Crippen LogP contribution in [0.1, 0.15) is 76.2 Å². The van der Waals surface area contributed by atoms with Crippen molar-refractivity contribution in [3.8, 4) is 0 Å². The van der Waals surface area contributed by atoms with Crippen LogP contribution >= 0.6 is 0 Å². The van der Waals surface area contributed by atoms with Gasteiger partial charge in [0.1, 0.15) is 5.69 Å². The lowest BCUT2D eigenvalue weighted by Gasteiger charge is -2.56. The molecule has 3 aliphatic rings. The zero-order valence-electron chi connectivity index (χ0n) is 19.7. The Hall–Kier alpha value is -2.02. The van der Waals surface area contributed by atoms with E-state index in [4.69, 9.17) is 0 Å². The van der Waals surface area contributed by atoms with E-state index in [2.05, 4.69) is 29.1 Å². The molecule has 0 radical (unpaired) electrons. The zero-order chi connectivity index (χ0) is 22.9. The third-order valence-corrected chi connectivity index (χ3v) is 8.70. The molecule has 1 saturated heterocycles. The van der Waals surface area contributed by atoms with E-state index >= 15 is 0 Å². The second kappa shape index (κ2) is 9.46. The maximum absolute atomic E-state index is 13.2. The summed E-state index contributed by atoms with van der Waals surface area (Å²) in [5, 5.41) is 14.7. The van der Waals surface area contributed by atoms with Gasteiger partial charge in [-0.1, -0.05) is 20.8 Å². The Bertz CT molecular complexity index is 813. The van der Waals surface area contributed by atoms with Crippen molar-refractivity contribution in [2.24, 2.45) is 29.1 Å². The molecule has 2 amide bonds. The molecular formula is C25H38N4O3. The van der Waals surface area contributed by atoms with Crippen LogP contribution in [0.4, 0.5) is 0 Å². The summed E-state index contributed by atoms with van der Waals surface area (Å²) < 4.78 is 0. The maximum Gasteiger partial charge on any atom is 0.271 e. The number of likely N-dealkylation sites (tertiary alicyclic amines) is 1. The molecule has 1 aromatic rings. The first kappa shape index (κ1) is 23.1. The number of rotatable bonds is 4. The van der Waals surface area contributed by atoms with Crippen molar-refractivity contribution in [1.82, 2.24) is 20.2 Å². The van der Waals surface area contributed by atoms with E-state index in [0.717, 1.165) is 51.6 Å². The summed E-state index contributed by atoms with van der Waals surface area (Å²) in [5.41, 5.74) is 0.354. The van der Waals surface area contributed by atoms with Gasteiger partial charge in [0.2, 0.25) is 5.91 Å². The van der Waals surface area contributed by atoms with Gasteiger partial charge in [0.25, 0.3) is 5.91 Å². The highest BCUT2D eigenvalue weighted by Gasteiger charge is 2.54. The van der Waals surface area contributed by atoms with Crippen LogP contribution in [-0.4, -0.2) is 57.0 Å². The second-order valence-electron chi connectivity index (χ2n) is 10.6. The monoisotopic (exact) mass is 442 g/mol. The van der Waals surface area contributed by atoms with Gasteiger partial charge in [0.05, 0.1) is 12.3 Å². The number of nitrogens with zero attached hydrogens (tertiary/aromatic N) is 3. The fraction of sp³-hybridized carbons (Fsp3) is 0.760. The van der Waals surface area contributed by atoms with Crippen molar-refractivity contribution < 1.29 is 14.7 Å². The quantitative estimate of drug-likeness (QED) is 0.747. The molecule has 176 valence electrons. The molecule has 2 saturated carbocycles. The summed E-state index contributed by atoms with van der Waals surface area (Å²) >= 11 is 0. The number of carbonyl (C=O) groups is 2. The minimum absolute atomic E-state index is 0.0240. The van der Waals surface area contributed by atoms with Crippen molar-refractivity contribution in [2.45, 2.75) is 77.9 Å². The topological polar surface area (TPSA) is 95.4 Å². The summed E-state index contributed by atoms with van der Waals surface area (Å²) in [4.78, 5) is 36.0. The standard InChI is InChI=1S/C25H38N4O3/c1-16(24(32)29-13-5-4-6-14-29)18-7-9-25(3)10-8-19(17(2)21(25)22(18)30)28-23(31)20-15-26-11-12-27-20/h11-12,15-19,21-22,30H,4-10,13-14H2,1-3H3,(H,28,31)/t16-,17-,18-,19-,21+,22-,25+/m0/s1. The molecule has 1 aliphatic heterocycles. The van der Waals surface area contributed by atoms with E-state index in [-0.39, 0.29) is 46.9 Å². The fourth-order valence-electron chi connectivity index (χ4n) is 6.74. The van der Waals surface area contributed by atoms with Crippen LogP contribution in [0.3, 0.4) is 0 Å². The van der Waals surface area contributed by atoms with E-state index in [0.29, 0.717) is 5.69 Å². The average Bonchev–Trinajstić information content (AvgIpc) is 2.81. The average molecular weight is 443 g/mol. The molecular weight excluding hydrogens is 404 g/mol. The summed E-state index contributed by atoms with van der Waals surface area (Å²) in [5.74, 6) is -0.0422. The summed E-state index contributed by atoms with van der Waals surface area (Å²) in [6.45, 7) is 8.13. The van der Waals surface area contributed by atoms with Crippen LogP contribution in [0.2, 0.25) is 0 Å². The van der Waals surface area contributed by atoms with Gasteiger partial charge in [-0.15, -0.1) is 0 Å². The molecule has 2 heterocycles. The highest BCUT2D eigenvalue weighted by atomic mass is 16.3. The minimum Gasteiger partial charge on any atom is -0.392 e. The Labute approximate surface area is 191 Å². The number of carbonyl (C=O) groups excluding carboxylic acids is 2. The molecule has 7 nitrogen and oxygen atoms in total. The third kappa shape index (κ3) is 4.41. The van der Waals surface area contributed by atoms with Gasteiger partial charge in [-0.25, -0.2) is 4.98 Å². The Morgan fingerprint density at radius 1 is 1.19 bits per heavy atom. The highest BCUT2D eigenvalue weighted by molar-refractivity contribution is 5.92. The molecule has 0 spiro atoms. The smallest absolute Gasteiger partial charge is 0.271 e. The number of nitrogens with one attached hydrogen (secondary N) is 1. The van der Waals surface area contributed by atoms with E-state index in [1.165, 1.54) is 18.8 Å². The molecule has 32 heavy (non-hydrogen) atoms. The van der Waals surface area contributed by atoms with Crippen molar-refractivity contribution in [1.29, 1.82) is 0 Å². The number of piperidine rings is 1. The van der Waals surface area contributed by atoms with Crippen molar-refractivity contribution in [3.63, 3.8) is 0 Å². The first-order valence-corrected chi connectivity index (χ1v) is 12.4. The number of hydrogen-bond acceptors (Lipinski definition) is 5. The van der Waals surface area contributed by atoms with Gasteiger partial charge >= 0.3 is 0 Å². The number of fused-ring (bicyclic) bond motifs is 1. The molecule has 0 aromatic carbocycles. The van der Waals surface area contributed by atoms with Crippen molar-refractivity contribution in [2.75, 3.05) is 13.1 Å². The maximum atomic E-state index is 13.2. The van der Waals surface area contributed by atoms with Crippen LogP contribution in [0.25, 0.3) is 0 Å². The zero-order valence-corrected chi connectivity index (χ0v) is 19.7. The van der Waals surface area contributed by atoms with Crippen LogP contribution in [-0.2, 0) is 4.79 Å². The number of hydrogen-bond donors (Lipinski definition) is 2. The lowest BCUT2D eigenvalue weighted by Crippen LogP contribution is -2.58. The predicted molar refractivity (Wildman–Crippen MR) is 122 cm³/mol. The van der Waals surface area contributed by atoms with E-state index in [1.54, 1.807) is 6.20 Å². The number of aromatic nitrogens is 2. The molecule has 7 heteroatoms. The Morgan fingerprint density at radius 3 is 2.59 bits per heavy atom. The van der Waals surface area contributed by atoms with Gasteiger partial charge in [-0.05, 0) is 68.1 Å². The lowest BCUT2D eigenvalue weighted by molar-refractivity contribution is -0.150. The Morgan fingerprint density at radius 2 is 1.91 bits per heavy atom. The van der Waals surface area contributed by atoms with Crippen LogP contribution in [0.5, 0.6) is 0 Å². The fourth-order valence-corrected chi connectivity index (χ4v) is 6.74. The molecule has 2 aliphatic carbocycles. The number of aliphatic hydroxyl groups is 1. The second-order valence-corrected chi connectivity index (χ2v) is 10.6. The molecule has 0 unspecified atom stereocenters. The minimum atomic E-state index is -0.538. The molecule has 3 fully saturated rings. The lowest BCUT2D eigenvalue weighted by atomic mass is 9.51. The first-order valence-electron chi connectivity index (χ1n) is 12.4. The van der Waals surface area contributed by atoms with Gasteiger partial charge in [-0.2, -0.15) is 0 Å². The highest BCUT2D eigenvalue weighted by Crippen LogP contribution is 2.55. The summed E-state index contributed by atoms with van der Waals surface area (Å²) in [7, 11) is 0. The predicted octanol–water partition coefficient (Wildman–Crippen LogP) is 3.05. The van der Waals surface area contributed by atoms with Gasteiger partial charge in [0.15, 0.2) is 0 Å². The van der Waals surface area contributed by atoms with Crippen LogP contribution in [0.15, 0.2) is 18.6 Å². The Balaban J connectivity index is 1.47. The van der Waals surface area contributed by atoms with E-state index in [1.807, 2.05) is 11.8 Å². The Kier molecular flexibility index (Phi) is 6.84. The van der Waals surface area contributed by atoms with E-state index in [9.17, 15) is 14.7 Å². The normalized spacial score (nSPS) is 36.1. The largest absolute Gasteiger partial charge is 0.392 e. The number of aliphatic hydroxyl groups excluding tert-OH is 1. The van der Waals surface area contributed by atoms with Crippen molar-refractivity contribution in [3.05, 3.63) is 24.3 Å². The van der Waals surface area contributed by atoms with Crippen LogP contribution < -0.4 is 5.32 Å². The number of amides is 2. The third-order valence-electron chi connectivity index (χ3n) is 8.70. The molecule has 0 bridgehead atoms.